The molecular weight excluding hydrogens is 350 g/mol. The molecule has 164 valence electrons. The molecule has 6 nitrogen and oxygen atoms in total. The van der Waals surface area contributed by atoms with E-state index in [1.807, 2.05) is 0 Å². The van der Waals surface area contributed by atoms with E-state index in [4.69, 9.17) is 9.73 Å². The largest absolute Gasteiger partial charge is 0.382 e. The average Bonchev–Trinajstić information content (AvgIpc) is 3.06. The van der Waals surface area contributed by atoms with Gasteiger partial charge < -0.3 is 25.2 Å². The summed E-state index contributed by atoms with van der Waals surface area (Å²) in [5, 5.41) is 7.00. The van der Waals surface area contributed by atoms with Crippen LogP contribution in [0.2, 0.25) is 0 Å². The Balaban J connectivity index is 1.74. The van der Waals surface area contributed by atoms with Gasteiger partial charge in [-0.25, -0.2) is 0 Å². The van der Waals surface area contributed by atoms with Crippen LogP contribution < -0.4 is 10.6 Å². The minimum absolute atomic E-state index is 0.357. The van der Waals surface area contributed by atoms with Gasteiger partial charge in [-0.3, -0.25) is 4.99 Å². The third kappa shape index (κ3) is 8.66. The van der Waals surface area contributed by atoms with E-state index in [1.165, 1.54) is 71.2 Å². The standard InChI is InChI=1S/C22H45N5O/c1-4-23-21(24-13-8-15-27-16-9-14-26(3)17-18-27)25-20-22(10-6-7-11-22)12-19-28-5-2/h4-20H2,1-3H3,(H2,23,24,25). The molecule has 0 unspecified atom stereocenters. The van der Waals surface area contributed by atoms with E-state index in [-0.39, 0.29) is 0 Å². The summed E-state index contributed by atoms with van der Waals surface area (Å²) in [6, 6.07) is 0. The zero-order valence-electron chi connectivity index (χ0n) is 18.8. The van der Waals surface area contributed by atoms with Crippen LogP contribution >= 0.6 is 0 Å². The topological polar surface area (TPSA) is 52.1 Å². The van der Waals surface area contributed by atoms with E-state index in [2.05, 4.69) is 41.3 Å². The van der Waals surface area contributed by atoms with E-state index >= 15 is 0 Å². The monoisotopic (exact) mass is 395 g/mol. The number of guanidine groups is 1. The minimum Gasteiger partial charge on any atom is -0.382 e. The Hall–Kier alpha value is -0.850. The van der Waals surface area contributed by atoms with Crippen LogP contribution in [0.5, 0.6) is 0 Å². The van der Waals surface area contributed by atoms with Crippen molar-refractivity contribution in [3.8, 4) is 0 Å². The number of hydrogen-bond donors (Lipinski definition) is 2. The molecule has 1 saturated heterocycles. The van der Waals surface area contributed by atoms with Crippen molar-refractivity contribution in [2.45, 2.75) is 58.8 Å². The predicted molar refractivity (Wildman–Crippen MR) is 119 cm³/mol. The summed E-state index contributed by atoms with van der Waals surface area (Å²) < 4.78 is 5.64. The van der Waals surface area contributed by atoms with Crippen LogP contribution in [0.25, 0.3) is 0 Å². The third-order valence-corrected chi connectivity index (χ3v) is 6.32. The lowest BCUT2D eigenvalue weighted by molar-refractivity contribution is 0.107. The van der Waals surface area contributed by atoms with Crippen molar-refractivity contribution >= 4 is 5.96 Å². The van der Waals surface area contributed by atoms with Crippen molar-refractivity contribution in [1.29, 1.82) is 0 Å². The molecule has 1 aliphatic heterocycles. The smallest absolute Gasteiger partial charge is 0.191 e. The van der Waals surface area contributed by atoms with E-state index in [9.17, 15) is 0 Å². The second kappa shape index (κ2) is 13.4. The Morgan fingerprint density at radius 1 is 1.04 bits per heavy atom. The van der Waals surface area contributed by atoms with Gasteiger partial charge in [0.25, 0.3) is 0 Å². The Morgan fingerprint density at radius 2 is 1.86 bits per heavy atom. The molecule has 1 heterocycles. The van der Waals surface area contributed by atoms with Crippen molar-refractivity contribution in [3.05, 3.63) is 0 Å². The number of hydrogen-bond acceptors (Lipinski definition) is 4. The van der Waals surface area contributed by atoms with Crippen molar-refractivity contribution < 1.29 is 4.74 Å². The van der Waals surface area contributed by atoms with Gasteiger partial charge in [-0.1, -0.05) is 12.8 Å². The molecule has 0 amide bonds. The highest BCUT2D eigenvalue weighted by molar-refractivity contribution is 5.79. The molecule has 2 fully saturated rings. The molecule has 2 N–H and O–H groups in total. The number of nitrogens with zero attached hydrogens (tertiary/aromatic N) is 3. The fourth-order valence-electron chi connectivity index (χ4n) is 4.47. The SMILES string of the molecule is CCNC(=NCC1(CCOCC)CCCC1)NCCCN1CCCN(C)CC1. The molecule has 0 aromatic heterocycles. The van der Waals surface area contributed by atoms with Crippen molar-refractivity contribution in [1.82, 2.24) is 20.4 Å². The quantitative estimate of drug-likeness (QED) is 0.320. The van der Waals surface area contributed by atoms with Crippen LogP contribution in [-0.4, -0.2) is 88.4 Å². The zero-order chi connectivity index (χ0) is 20.1. The summed E-state index contributed by atoms with van der Waals surface area (Å²) >= 11 is 0. The first-order chi connectivity index (χ1) is 13.7. The fourth-order valence-corrected chi connectivity index (χ4v) is 4.47. The average molecular weight is 396 g/mol. The maximum atomic E-state index is 5.64. The molecule has 2 rings (SSSR count). The zero-order valence-corrected chi connectivity index (χ0v) is 18.8. The summed E-state index contributed by atoms with van der Waals surface area (Å²) in [5.74, 6) is 0.987. The number of nitrogens with one attached hydrogen (secondary N) is 2. The summed E-state index contributed by atoms with van der Waals surface area (Å²) in [4.78, 5) is 10.0. The summed E-state index contributed by atoms with van der Waals surface area (Å²) in [5.41, 5.74) is 0.357. The maximum Gasteiger partial charge on any atom is 0.191 e. The normalized spacial score (nSPS) is 21.6. The number of likely N-dealkylation sites (N-methyl/N-ethyl adjacent to an activating group) is 1. The lowest BCUT2D eigenvalue weighted by Crippen LogP contribution is -2.40. The highest BCUT2D eigenvalue weighted by Gasteiger charge is 2.33. The second-order valence-corrected chi connectivity index (χ2v) is 8.63. The van der Waals surface area contributed by atoms with Crippen molar-refractivity contribution in [2.24, 2.45) is 10.4 Å². The van der Waals surface area contributed by atoms with E-state index in [1.54, 1.807) is 0 Å². The van der Waals surface area contributed by atoms with Crippen LogP contribution in [0.4, 0.5) is 0 Å². The van der Waals surface area contributed by atoms with Crippen molar-refractivity contribution in [2.75, 3.05) is 72.6 Å². The number of ether oxygens (including phenoxy) is 1. The molecule has 1 saturated carbocycles. The fraction of sp³-hybridized carbons (Fsp3) is 0.955. The van der Waals surface area contributed by atoms with Crippen LogP contribution in [0, 0.1) is 5.41 Å². The molecule has 0 spiro atoms. The van der Waals surface area contributed by atoms with Crippen molar-refractivity contribution in [3.63, 3.8) is 0 Å². The first-order valence-electron chi connectivity index (χ1n) is 11.7. The summed E-state index contributed by atoms with van der Waals surface area (Å²) in [7, 11) is 2.23. The lowest BCUT2D eigenvalue weighted by Gasteiger charge is -2.27. The molecule has 0 atom stereocenters. The first-order valence-corrected chi connectivity index (χ1v) is 11.7. The Morgan fingerprint density at radius 3 is 2.61 bits per heavy atom. The molecule has 2 aliphatic rings. The summed E-state index contributed by atoms with van der Waals surface area (Å²) in [6.45, 7) is 14.8. The van der Waals surface area contributed by atoms with Gasteiger partial charge >= 0.3 is 0 Å². The van der Waals surface area contributed by atoms with Crippen LogP contribution in [0.15, 0.2) is 4.99 Å². The van der Waals surface area contributed by atoms with E-state index < -0.39 is 0 Å². The molecule has 0 bridgehead atoms. The van der Waals surface area contributed by atoms with Gasteiger partial charge in [-0.2, -0.15) is 0 Å². The molecule has 0 radical (unpaired) electrons. The van der Waals surface area contributed by atoms with Gasteiger partial charge in [-0.15, -0.1) is 0 Å². The minimum atomic E-state index is 0.357. The predicted octanol–water partition coefficient (Wildman–Crippen LogP) is 2.56. The van der Waals surface area contributed by atoms with E-state index in [0.29, 0.717) is 5.41 Å². The van der Waals surface area contributed by atoms with Crippen LogP contribution in [0.3, 0.4) is 0 Å². The highest BCUT2D eigenvalue weighted by atomic mass is 16.5. The van der Waals surface area contributed by atoms with E-state index in [0.717, 1.165) is 45.2 Å². The Kier molecular flexibility index (Phi) is 11.2. The number of aliphatic imine (C=N–C) groups is 1. The number of rotatable bonds is 11. The Labute approximate surface area is 173 Å². The maximum absolute atomic E-state index is 5.64. The van der Waals surface area contributed by atoms with Gasteiger partial charge in [0.1, 0.15) is 0 Å². The van der Waals surface area contributed by atoms with Crippen LogP contribution in [0.1, 0.15) is 58.8 Å². The van der Waals surface area contributed by atoms with Gasteiger partial charge in [0.2, 0.25) is 0 Å². The lowest BCUT2D eigenvalue weighted by atomic mass is 9.83. The molecular formula is C22H45N5O. The first kappa shape index (κ1) is 23.4. The highest BCUT2D eigenvalue weighted by Crippen LogP contribution is 2.41. The van der Waals surface area contributed by atoms with Gasteiger partial charge in [-0.05, 0) is 78.0 Å². The molecule has 1 aliphatic carbocycles. The summed E-state index contributed by atoms with van der Waals surface area (Å²) in [6.07, 6.45) is 8.89. The van der Waals surface area contributed by atoms with Gasteiger partial charge in [0, 0.05) is 45.9 Å². The molecule has 28 heavy (non-hydrogen) atoms. The van der Waals surface area contributed by atoms with Gasteiger partial charge in [0.05, 0.1) is 0 Å². The Bertz CT molecular complexity index is 437. The second-order valence-electron chi connectivity index (χ2n) is 8.63. The van der Waals surface area contributed by atoms with Gasteiger partial charge in [0.15, 0.2) is 5.96 Å². The molecule has 0 aromatic carbocycles. The molecule has 0 aromatic rings. The van der Waals surface area contributed by atoms with Crippen LogP contribution in [-0.2, 0) is 4.74 Å². The third-order valence-electron chi connectivity index (χ3n) is 6.32. The molecule has 6 heteroatoms.